The van der Waals surface area contributed by atoms with Crippen molar-refractivity contribution >= 4 is 5.97 Å². The summed E-state index contributed by atoms with van der Waals surface area (Å²) in [4.78, 5) is 11.1. The molecule has 2 heteroatoms. The number of carbonyl (C=O) groups is 1. The average Bonchev–Trinajstić information content (AvgIpc) is 2.90. The highest BCUT2D eigenvalue weighted by Crippen LogP contribution is 2.41. The molecule has 2 aliphatic carbocycles. The Morgan fingerprint density at radius 3 is 2.56 bits per heavy atom. The van der Waals surface area contributed by atoms with E-state index >= 15 is 0 Å². The lowest BCUT2D eigenvalue weighted by atomic mass is 9.99. The maximum Gasteiger partial charge on any atom is 0.315 e. The van der Waals surface area contributed by atoms with E-state index in [2.05, 4.69) is 13.0 Å². The van der Waals surface area contributed by atoms with Gasteiger partial charge in [0.15, 0.2) is 0 Å². The van der Waals surface area contributed by atoms with Gasteiger partial charge in [-0.3, -0.25) is 4.79 Å². The molecule has 1 atom stereocenters. The number of fused-ring (bicyclic) bond motifs is 2. The summed E-state index contributed by atoms with van der Waals surface area (Å²) in [6.07, 6.45) is 14.8. The molecule has 98 valence electrons. The first-order valence-electron chi connectivity index (χ1n) is 7.09. The van der Waals surface area contributed by atoms with Gasteiger partial charge in [0.2, 0.25) is 0 Å². The highest BCUT2D eigenvalue weighted by molar-refractivity contribution is 5.84. The summed E-state index contributed by atoms with van der Waals surface area (Å²) in [5.74, 6) is -1.07. The standard InChI is InChI=1S/C16H22O2/c1-2-3-4-5-6-7-8-12-11-13-9-10-14(12)15(13)16(17)18/h9-11,15H,2-8H2,1H3,(H,17,18). The van der Waals surface area contributed by atoms with E-state index in [0.717, 1.165) is 17.6 Å². The lowest BCUT2D eigenvalue weighted by Gasteiger charge is -2.06. The Kier molecular flexibility index (Phi) is 4.40. The summed E-state index contributed by atoms with van der Waals surface area (Å²) < 4.78 is 0. The number of unbranched alkanes of at least 4 members (excludes halogenated alkanes) is 5. The molecule has 18 heavy (non-hydrogen) atoms. The molecule has 2 nitrogen and oxygen atoms in total. The third kappa shape index (κ3) is 2.74. The van der Waals surface area contributed by atoms with Gasteiger partial charge >= 0.3 is 5.97 Å². The van der Waals surface area contributed by atoms with Crippen molar-refractivity contribution in [2.24, 2.45) is 5.92 Å². The number of hydrogen-bond acceptors (Lipinski definition) is 1. The molecule has 0 saturated carbocycles. The van der Waals surface area contributed by atoms with E-state index in [1.54, 1.807) is 0 Å². The Labute approximate surface area is 109 Å². The molecule has 0 radical (unpaired) electrons. The van der Waals surface area contributed by atoms with Gasteiger partial charge in [0.05, 0.1) is 0 Å². The smallest absolute Gasteiger partial charge is 0.315 e. The van der Waals surface area contributed by atoms with E-state index in [0.29, 0.717) is 0 Å². The highest BCUT2D eigenvalue weighted by atomic mass is 16.4. The average molecular weight is 246 g/mol. The Hall–Kier alpha value is -1.31. The van der Waals surface area contributed by atoms with Crippen LogP contribution in [0.2, 0.25) is 0 Å². The molecule has 2 aliphatic rings. The molecule has 0 aromatic carbocycles. The van der Waals surface area contributed by atoms with Gasteiger partial charge in [0, 0.05) is 0 Å². The minimum Gasteiger partial charge on any atom is -0.481 e. The van der Waals surface area contributed by atoms with Crippen LogP contribution in [0.1, 0.15) is 51.9 Å². The van der Waals surface area contributed by atoms with Gasteiger partial charge in [-0.2, -0.15) is 0 Å². The second kappa shape index (κ2) is 6.03. The molecule has 0 aliphatic heterocycles. The minimum atomic E-state index is -0.709. The molecule has 0 spiro atoms. The normalized spacial score (nSPS) is 20.7. The molecular formula is C16H22O2. The van der Waals surface area contributed by atoms with Crippen molar-refractivity contribution in [2.75, 3.05) is 0 Å². The number of hydrogen-bond donors (Lipinski definition) is 1. The number of allylic oxidation sites excluding steroid dienone is 4. The predicted octanol–water partition coefficient (Wildman–Crippen LogP) is 4.24. The zero-order valence-electron chi connectivity index (χ0n) is 11.1. The van der Waals surface area contributed by atoms with Gasteiger partial charge in [-0.05, 0) is 29.6 Å². The lowest BCUT2D eigenvalue weighted by molar-refractivity contribution is -0.138. The largest absolute Gasteiger partial charge is 0.481 e. The van der Waals surface area contributed by atoms with Crippen molar-refractivity contribution in [3.63, 3.8) is 0 Å². The summed E-state index contributed by atoms with van der Waals surface area (Å²) in [5, 5.41) is 9.17. The van der Waals surface area contributed by atoms with Crippen molar-refractivity contribution < 1.29 is 9.90 Å². The quantitative estimate of drug-likeness (QED) is 0.650. The molecule has 0 aromatic heterocycles. The summed E-state index contributed by atoms with van der Waals surface area (Å²) in [5.41, 5.74) is 3.26. The topological polar surface area (TPSA) is 37.3 Å². The SMILES string of the molecule is CCCCCCCCC1=C2C=CC(=C1)C2C(=O)O. The van der Waals surface area contributed by atoms with Gasteiger partial charge in [-0.15, -0.1) is 0 Å². The molecule has 2 rings (SSSR count). The maximum atomic E-state index is 11.1. The Balaban J connectivity index is 1.78. The Morgan fingerprint density at radius 2 is 1.89 bits per heavy atom. The Morgan fingerprint density at radius 1 is 1.17 bits per heavy atom. The number of carboxylic acid groups (broad SMARTS) is 1. The first kappa shape index (κ1) is 13.1. The van der Waals surface area contributed by atoms with Crippen LogP contribution >= 0.6 is 0 Å². The number of rotatable bonds is 8. The van der Waals surface area contributed by atoms with E-state index in [4.69, 9.17) is 5.11 Å². The van der Waals surface area contributed by atoms with E-state index in [-0.39, 0.29) is 5.92 Å². The fourth-order valence-corrected chi connectivity index (χ4v) is 2.85. The van der Waals surface area contributed by atoms with E-state index in [1.165, 1.54) is 44.1 Å². The van der Waals surface area contributed by atoms with Gasteiger partial charge in [0.1, 0.15) is 5.92 Å². The van der Waals surface area contributed by atoms with Crippen LogP contribution in [0, 0.1) is 5.92 Å². The second-order valence-corrected chi connectivity index (χ2v) is 5.25. The first-order valence-corrected chi connectivity index (χ1v) is 7.09. The van der Waals surface area contributed by atoms with Crippen LogP contribution in [-0.4, -0.2) is 11.1 Å². The monoisotopic (exact) mass is 246 g/mol. The molecule has 1 unspecified atom stereocenters. The van der Waals surface area contributed by atoms with Crippen LogP contribution in [0.4, 0.5) is 0 Å². The van der Waals surface area contributed by atoms with Crippen LogP contribution in [-0.2, 0) is 4.79 Å². The molecule has 2 bridgehead atoms. The van der Waals surface area contributed by atoms with Crippen LogP contribution in [0.5, 0.6) is 0 Å². The zero-order chi connectivity index (χ0) is 13.0. The van der Waals surface area contributed by atoms with Crippen LogP contribution < -0.4 is 0 Å². The van der Waals surface area contributed by atoms with Crippen molar-refractivity contribution in [1.29, 1.82) is 0 Å². The predicted molar refractivity (Wildman–Crippen MR) is 73.4 cm³/mol. The Bertz CT molecular complexity index is 413. The van der Waals surface area contributed by atoms with Crippen LogP contribution in [0.3, 0.4) is 0 Å². The summed E-state index contributed by atoms with van der Waals surface area (Å²) in [6, 6.07) is 0. The van der Waals surface area contributed by atoms with E-state index < -0.39 is 5.97 Å². The molecule has 0 aromatic rings. The summed E-state index contributed by atoms with van der Waals surface area (Å²) in [7, 11) is 0. The van der Waals surface area contributed by atoms with Gasteiger partial charge < -0.3 is 5.11 Å². The van der Waals surface area contributed by atoms with E-state index in [9.17, 15) is 4.79 Å². The van der Waals surface area contributed by atoms with Crippen LogP contribution in [0.15, 0.2) is 34.9 Å². The third-order valence-corrected chi connectivity index (χ3v) is 3.86. The molecule has 0 heterocycles. The summed E-state index contributed by atoms with van der Waals surface area (Å²) >= 11 is 0. The van der Waals surface area contributed by atoms with Crippen LogP contribution in [0.25, 0.3) is 0 Å². The fourth-order valence-electron chi connectivity index (χ4n) is 2.85. The molecule has 1 N–H and O–H groups in total. The lowest BCUT2D eigenvalue weighted by Crippen LogP contribution is -2.11. The summed E-state index contributed by atoms with van der Waals surface area (Å²) in [6.45, 7) is 2.23. The van der Waals surface area contributed by atoms with E-state index in [1.807, 2.05) is 12.2 Å². The fraction of sp³-hybridized carbons (Fsp3) is 0.562. The molecule has 0 fully saturated rings. The van der Waals surface area contributed by atoms with Gasteiger partial charge in [-0.25, -0.2) is 0 Å². The van der Waals surface area contributed by atoms with Gasteiger partial charge in [0.25, 0.3) is 0 Å². The maximum absolute atomic E-state index is 11.1. The van der Waals surface area contributed by atoms with Crippen molar-refractivity contribution in [1.82, 2.24) is 0 Å². The number of carboxylic acids is 1. The first-order chi connectivity index (χ1) is 8.74. The van der Waals surface area contributed by atoms with Gasteiger partial charge in [-0.1, -0.05) is 57.3 Å². The zero-order valence-corrected chi connectivity index (χ0v) is 11.1. The van der Waals surface area contributed by atoms with Crippen molar-refractivity contribution in [3.05, 3.63) is 34.9 Å². The molecular weight excluding hydrogens is 224 g/mol. The molecule has 0 saturated heterocycles. The minimum absolute atomic E-state index is 0.361. The second-order valence-electron chi connectivity index (χ2n) is 5.25. The molecule has 0 amide bonds. The number of aliphatic carboxylic acids is 1. The third-order valence-electron chi connectivity index (χ3n) is 3.86. The highest BCUT2D eigenvalue weighted by Gasteiger charge is 2.34. The van der Waals surface area contributed by atoms with Crippen molar-refractivity contribution in [2.45, 2.75) is 51.9 Å². The van der Waals surface area contributed by atoms with Crippen molar-refractivity contribution in [3.8, 4) is 0 Å².